The molecule has 1 aromatic heterocycles. The Bertz CT molecular complexity index is 797. The van der Waals surface area contributed by atoms with Gasteiger partial charge < -0.3 is 5.32 Å². The van der Waals surface area contributed by atoms with Crippen molar-refractivity contribution in [1.29, 1.82) is 0 Å². The maximum atomic E-state index is 12.7. The van der Waals surface area contributed by atoms with E-state index < -0.39 is 11.7 Å². The zero-order chi connectivity index (χ0) is 19.3. The normalized spacial score (nSPS) is 11.1. The van der Waals surface area contributed by atoms with Crippen LogP contribution in [0, 0.1) is 0 Å². The van der Waals surface area contributed by atoms with E-state index in [1.807, 2.05) is 0 Å². The topological polar surface area (TPSA) is 71.2 Å². The summed E-state index contributed by atoms with van der Waals surface area (Å²) in [6.07, 6.45) is -2.96. The number of hydrogen-bond acceptors (Lipinski definition) is 6. The second kappa shape index (κ2) is 8.47. The fraction of sp³-hybridized carbons (Fsp3) is 0.188. The van der Waals surface area contributed by atoms with Crippen molar-refractivity contribution < 1.29 is 18.0 Å². The predicted octanol–water partition coefficient (Wildman–Crippen LogP) is 4.07. The van der Waals surface area contributed by atoms with Gasteiger partial charge in [-0.05, 0) is 30.3 Å². The second-order valence-corrected chi connectivity index (χ2v) is 6.81. The number of thiocarbonyl (C=S) groups is 1. The van der Waals surface area contributed by atoms with E-state index in [0.29, 0.717) is 11.4 Å². The molecule has 10 heteroatoms. The van der Waals surface area contributed by atoms with Crippen molar-refractivity contribution in [2.24, 2.45) is 5.84 Å². The van der Waals surface area contributed by atoms with Crippen LogP contribution in [0.5, 0.6) is 0 Å². The van der Waals surface area contributed by atoms with E-state index in [1.54, 1.807) is 12.1 Å². The average molecular weight is 400 g/mol. The summed E-state index contributed by atoms with van der Waals surface area (Å²) in [5, 5.41) is 4.10. The van der Waals surface area contributed by atoms with Crippen molar-refractivity contribution in [2.75, 3.05) is 16.2 Å². The highest BCUT2D eigenvalue weighted by molar-refractivity contribution is 8.23. The van der Waals surface area contributed by atoms with Crippen LogP contribution in [0.3, 0.4) is 0 Å². The number of carbonyl (C=O) groups excluding carboxylic acids is 1. The Hall–Kier alpha value is -2.17. The number of halogens is 3. The molecule has 2 aromatic rings. The Kier molecular flexibility index (Phi) is 6.57. The lowest BCUT2D eigenvalue weighted by molar-refractivity contribution is -0.137. The average Bonchev–Trinajstić information content (AvgIpc) is 2.59. The van der Waals surface area contributed by atoms with E-state index in [0.717, 1.165) is 23.9 Å². The van der Waals surface area contributed by atoms with Crippen LogP contribution in [-0.2, 0) is 6.18 Å². The number of nitrogens with one attached hydrogen (secondary N) is 1. The number of nitrogens with two attached hydrogens (primary N) is 1. The first-order chi connectivity index (χ1) is 12.2. The molecule has 0 radical (unpaired) electrons. The third-order valence-corrected chi connectivity index (χ3v) is 4.44. The molecule has 2 rings (SSSR count). The molecule has 0 fully saturated rings. The number of benzene rings is 1. The second-order valence-electron chi connectivity index (χ2n) is 5.19. The monoisotopic (exact) mass is 400 g/mol. The maximum absolute atomic E-state index is 12.7. The molecule has 26 heavy (non-hydrogen) atoms. The summed E-state index contributed by atoms with van der Waals surface area (Å²) in [5.74, 6) is 5.99. The Labute approximate surface area is 157 Å². The molecule has 1 heterocycles. The number of thioether (sulfide) groups is 1. The standard InChI is InChI=1S/C16H15F3N4OS2/c1-10(24)14-6-5-13(8-21-14)23(20)9-26-15(25)22-12-4-2-3-11(7-12)16(17,18)19/h2-8H,9,20H2,1H3,(H,22,25). The number of ketones is 1. The smallest absolute Gasteiger partial charge is 0.341 e. The fourth-order valence-corrected chi connectivity index (χ4v) is 2.77. The van der Waals surface area contributed by atoms with Gasteiger partial charge in [0, 0.05) is 12.6 Å². The molecule has 1 aromatic carbocycles. The van der Waals surface area contributed by atoms with Crippen molar-refractivity contribution >= 4 is 45.5 Å². The molecule has 0 aliphatic carbocycles. The molecule has 5 nitrogen and oxygen atoms in total. The van der Waals surface area contributed by atoms with Gasteiger partial charge in [-0.25, -0.2) is 5.84 Å². The zero-order valence-corrected chi connectivity index (χ0v) is 15.2. The SMILES string of the molecule is CC(=O)c1ccc(N(N)CSC(=S)Nc2cccc(C(F)(F)F)c2)cn1. The van der Waals surface area contributed by atoms with Gasteiger partial charge >= 0.3 is 6.18 Å². The summed E-state index contributed by atoms with van der Waals surface area (Å²) in [5.41, 5.74) is 0.390. The molecule has 138 valence electrons. The molecule has 0 atom stereocenters. The largest absolute Gasteiger partial charge is 0.416 e. The molecule has 0 bridgehead atoms. The van der Waals surface area contributed by atoms with Gasteiger partial charge in [-0.1, -0.05) is 30.0 Å². The number of Topliss-reactive ketones (excluding diaryl/α,β-unsaturated/α-hetero) is 1. The molecular formula is C16H15F3N4OS2. The van der Waals surface area contributed by atoms with Crippen LogP contribution < -0.4 is 16.2 Å². The first-order valence-electron chi connectivity index (χ1n) is 7.27. The van der Waals surface area contributed by atoms with E-state index in [2.05, 4.69) is 10.3 Å². The summed E-state index contributed by atoms with van der Waals surface area (Å²) in [7, 11) is 0. The molecular weight excluding hydrogens is 385 g/mol. The number of alkyl halides is 3. The summed E-state index contributed by atoms with van der Waals surface area (Å²) < 4.78 is 38.4. The van der Waals surface area contributed by atoms with Crippen LogP contribution in [0.1, 0.15) is 23.0 Å². The molecule has 3 N–H and O–H groups in total. The lowest BCUT2D eigenvalue weighted by atomic mass is 10.2. The van der Waals surface area contributed by atoms with Gasteiger partial charge in [-0.15, -0.1) is 0 Å². The van der Waals surface area contributed by atoms with Crippen LogP contribution in [0.2, 0.25) is 0 Å². The van der Waals surface area contributed by atoms with Crippen molar-refractivity contribution in [3.05, 3.63) is 53.9 Å². The zero-order valence-electron chi connectivity index (χ0n) is 13.6. The van der Waals surface area contributed by atoms with Gasteiger partial charge in [0.25, 0.3) is 0 Å². The lowest BCUT2D eigenvalue weighted by Crippen LogP contribution is -2.31. The summed E-state index contributed by atoms with van der Waals surface area (Å²) in [6, 6.07) is 7.97. The summed E-state index contributed by atoms with van der Waals surface area (Å²) >= 11 is 6.27. The number of aromatic nitrogens is 1. The van der Waals surface area contributed by atoms with Crippen LogP contribution in [-0.4, -0.2) is 21.0 Å². The first-order valence-corrected chi connectivity index (χ1v) is 8.66. The van der Waals surface area contributed by atoms with Gasteiger partial charge in [0.1, 0.15) is 10.0 Å². The number of hydrogen-bond donors (Lipinski definition) is 2. The molecule has 0 aliphatic heterocycles. The van der Waals surface area contributed by atoms with Crippen LogP contribution in [0.25, 0.3) is 0 Å². The first kappa shape index (κ1) is 20.1. The molecule has 0 saturated carbocycles. The van der Waals surface area contributed by atoms with Crippen molar-refractivity contribution in [2.45, 2.75) is 13.1 Å². The highest BCUT2D eigenvalue weighted by Gasteiger charge is 2.30. The Morgan fingerprint density at radius 2 is 2.08 bits per heavy atom. The van der Waals surface area contributed by atoms with Crippen LogP contribution in [0.15, 0.2) is 42.6 Å². The van der Waals surface area contributed by atoms with Crippen molar-refractivity contribution in [3.8, 4) is 0 Å². The van der Waals surface area contributed by atoms with Gasteiger partial charge in [-0.3, -0.25) is 14.8 Å². The van der Waals surface area contributed by atoms with E-state index in [9.17, 15) is 18.0 Å². The van der Waals surface area contributed by atoms with E-state index in [-0.39, 0.29) is 21.7 Å². The van der Waals surface area contributed by atoms with Crippen molar-refractivity contribution in [3.63, 3.8) is 0 Å². The Morgan fingerprint density at radius 3 is 2.65 bits per heavy atom. The third-order valence-electron chi connectivity index (χ3n) is 3.21. The van der Waals surface area contributed by atoms with Gasteiger partial charge in [0.05, 0.1) is 23.3 Å². The summed E-state index contributed by atoms with van der Waals surface area (Å²) in [6.45, 7) is 1.41. The lowest BCUT2D eigenvalue weighted by Gasteiger charge is -2.18. The highest BCUT2D eigenvalue weighted by Crippen LogP contribution is 2.30. The van der Waals surface area contributed by atoms with Crippen LogP contribution in [0.4, 0.5) is 24.5 Å². The number of carbonyl (C=O) groups is 1. The van der Waals surface area contributed by atoms with E-state index in [1.165, 1.54) is 30.3 Å². The number of anilines is 2. The Balaban J connectivity index is 1.91. The van der Waals surface area contributed by atoms with Crippen LogP contribution >= 0.6 is 24.0 Å². The quantitative estimate of drug-likeness (QED) is 0.258. The molecule has 0 aliphatic rings. The molecule has 0 spiro atoms. The highest BCUT2D eigenvalue weighted by atomic mass is 32.2. The van der Waals surface area contributed by atoms with E-state index in [4.69, 9.17) is 18.1 Å². The number of pyridine rings is 1. The van der Waals surface area contributed by atoms with Crippen molar-refractivity contribution in [1.82, 2.24) is 4.98 Å². The van der Waals surface area contributed by atoms with Gasteiger partial charge in [0.2, 0.25) is 0 Å². The van der Waals surface area contributed by atoms with Gasteiger partial charge in [0.15, 0.2) is 5.78 Å². The van der Waals surface area contributed by atoms with E-state index >= 15 is 0 Å². The minimum atomic E-state index is -4.42. The van der Waals surface area contributed by atoms with Gasteiger partial charge in [-0.2, -0.15) is 13.2 Å². The number of nitrogens with zero attached hydrogens (tertiary/aromatic N) is 2. The number of hydrazine groups is 1. The summed E-state index contributed by atoms with van der Waals surface area (Å²) in [4.78, 5) is 15.2. The fourth-order valence-electron chi connectivity index (χ4n) is 1.89. The molecule has 0 saturated heterocycles. The minimum absolute atomic E-state index is 0.152. The third kappa shape index (κ3) is 5.68. The maximum Gasteiger partial charge on any atom is 0.416 e. The molecule has 0 amide bonds. The minimum Gasteiger partial charge on any atom is -0.341 e. The number of rotatable bonds is 5. The molecule has 0 unspecified atom stereocenters. The Morgan fingerprint density at radius 1 is 1.35 bits per heavy atom. The predicted molar refractivity (Wildman–Crippen MR) is 101 cm³/mol.